The van der Waals surface area contributed by atoms with Crippen LogP contribution in [0.1, 0.15) is 13.8 Å². The molecule has 0 bridgehead atoms. The molecular formula is C25H22Cl2N6O5S2. The van der Waals surface area contributed by atoms with Crippen LogP contribution in [0, 0.1) is 0 Å². The van der Waals surface area contributed by atoms with Gasteiger partial charge < -0.3 is 4.98 Å². The summed E-state index contributed by atoms with van der Waals surface area (Å²) >= 11 is 12.9. The highest BCUT2D eigenvalue weighted by Crippen LogP contribution is 2.38. The second-order valence-electron chi connectivity index (χ2n) is 8.99. The van der Waals surface area contributed by atoms with Gasteiger partial charge in [0, 0.05) is 5.56 Å². The lowest BCUT2D eigenvalue weighted by atomic mass is 10.1. The SMILES string of the molecule is CC(C)S(=O)(=O)n1c(NOS(C)(=O)=O)nc2ccc(-c3[nH]c(-c4c(Cl)cccc4Cl)nc3-c3ccccc3)nc21. The molecule has 2 N–H and O–H groups in total. The standard InChI is InChI=1S/C25H22Cl2N6O5S2/c1-14(2)40(36,37)33-24-19(29-25(33)32-38-39(3,34)35)13-12-18(28-24)22-21(15-8-5-4-6-9-15)30-23(31-22)20-16(26)10-7-11-17(20)27/h4-14H,1-3H3,(H,29,32)(H,30,31). The van der Waals surface area contributed by atoms with Gasteiger partial charge in [0.05, 0.1) is 44.2 Å². The first-order valence-corrected chi connectivity index (χ1v) is 15.8. The minimum atomic E-state index is -4.08. The van der Waals surface area contributed by atoms with Crippen molar-refractivity contribution in [3.8, 4) is 34.0 Å². The molecule has 3 heterocycles. The van der Waals surface area contributed by atoms with Crippen LogP contribution in [-0.2, 0) is 24.4 Å². The topological polar surface area (TPSA) is 149 Å². The molecular weight excluding hydrogens is 599 g/mol. The molecule has 0 saturated heterocycles. The number of nitrogens with zero attached hydrogens (tertiary/aromatic N) is 4. The van der Waals surface area contributed by atoms with Gasteiger partial charge in [0.25, 0.3) is 10.1 Å². The Balaban J connectivity index is 1.76. The molecule has 40 heavy (non-hydrogen) atoms. The van der Waals surface area contributed by atoms with E-state index in [9.17, 15) is 16.8 Å². The molecule has 0 unspecified atom stereocenters. The van der Waals surface area contributed by atoms with E-state index in [1.807, 2.05) is 30.3 Å². The van der Waals surface area contributed by atoms with Gasteiger partial charge >= 0.3 is 0 Å². The van der Waals surface area contributed by atoms with Gasteiger partial charge in [0.1, 0.15) is 11.3 Å². The van der Waals surface area contributed by atoms with E-state index in [0.29, 0.717) is 38.5 Å². The maximum atomic E-state index is 13.3. The monoisotopic (exact) mass is 620 g/mol. The molecule has 5 aromatic rings. The van der Waals surface area contributed by atoms with Crippen LogP contribution < -0.4 is 5.48 Å². The van der Waals surface area contributed by atoms with E-state index < -0.39 is 25.4 Å². The summed E-state index contributed by atoms with van der Waals surface area (Å²) in [4.78, 5) is 16.9. The molecule has 0 aliphatic carbocycles. The number of aromatic amines is 1. The number of nitrogens with one attached hydrogen (secondary N) is 2. The van der Waals surface area contributed by atoms with E-state index in [2.05, 4.69) is 24.7 Å². The molecule has 11 nitrogen and oxygen atoms in total. The van der Waals surface area contributed by atoms with Gasteiger partial charge in [-0.2, -0.15) is 12.4 Å². The summed E-state index contributed by atoms with van der Waals surface area (Å²) < 4.78 is 55.3. The van der Waals surface area contributed by atoms with E-state index in [1.165, 1.54) is 13.8 Å². The van der Waals surface area contributed by atoms with Crippen molar-refractivity contribution in [2.45, 2.75) is 19.1 Å². The first-order chi connectivity index (χ1) is 18.9. The number of imidazole rings is 2. The first kappa shape index (κ1) is 28.1. The number of hydrogen-bond donors (Lipinski definition) is 2. The summed E-state index contributed by atoms with van der Waals surface area (Å²) in [5.74, 6) is 0.0220. The number of hydrogen-bond acceptors (Lipinski definition) is 9. The minimum Gasteiger partial charge on any atom is -0.336 e. The highest BCUT2D eigenvalue weighted by Gasteiger charge is 2.28. The lowest BCUT2D eigenvalue weighted by molar-refractivity contribution is 0.391. The van der Waals surface area contributed by atoms with Crippen molar-refractivity contribution in [1.82, 2.24) is 23.9 Å². The largest absolute Gasteiger partial charge is 0.336 e. The van der Waals surface area contributed by atoms with Gasteiger partial charge in [-0.1, -0.05) is 59.6 Å². The van der Waals surface area contributed by atoms with Crippen molar-refractivity contribution in [1.29, 1.82) is 0 Å². The van der Waals surface area contributed by atoms with E-state index in [1.54, 1.807) is 30.3 Å². The molecule has 15 heteroatoms. The second kappa shape index (κ2) is 10.5. The fraction of sp³-hybridized carbons (Fsp3) is 0.160. The Morgan fingerprint density at radius 1 is 0.900 bits per heavy atom. The van der Waals surface area contributed by atoms with Crippen molar-refractivity contribution in [2.24, 2.45) is 0 Å². The van der Waals surface area contributed by atoms with Crippen LogP contribution in [-0.4, -0.2) is 52.2 Å². The summed E-state index contributed by atoms with van der Waals surface area (Å²) in [5.41, 5.74) is 4.85. The van der Waals surface area contributed by atoms with Gasteiger partial charge in [0.15, 0.2) is 5.65 Å². The van der Waals surface area contributed by atoms with Crippen LogP contribution >= 0.6 is 23.2 Å². The predicted molar refractivity (Wildman–Crippen MR) is 155 cm³/mol. The third kappa shape index (κ3) is 5.30. The number of halogens is 2. The number of rotatable bonds is 8. The van der Waals surface area contributed by atoms with Gasteiger partial charge in [-0.15, -0.1) is 4.28 Å². The van der Waals surface area contributed by atoms with Crippen molar-refractivity contribution in [3.63, 3.8) is 0 Å². The van der Waals surface area contributed by atoms with Gasteiger partial charge in [-0.25, -0.2) is 28.8 Å². The van der Waals surface area contributed by atoms with E-state index in [0.717, 1.165) is 15.8 Å². The molecule has 0 fully saturated rings. The van der Waals surface area contributed by atoms with E-state index in [-0.39, 0.29) is 17.1 Å². The smallest absolute Gasteiger partial charge is 0.285 e. The van der Waals surface area contributed by atoms with Gasteiger partial charge in [-0.3, -0.25) is 0 Å². The van der Waals surface area contributed by atoms with Crippen LogP contribution in [0.15, 0.2) is 60.7 Å². The van der Waals surface area contributed by atoms with Crippen molar-refractivity contribution < 1.29 is 21.1 Å². The zero-order valence-electron chi connectivity index (χ0n) is 21.3. The third-order valence-electron chi connectivity index (χ3n) is 5.81. The number of pyridine rings is 1. The molecule has 0 atom stereocenters. The van der Waals surface area contributed by atoms with Gasteiger partial charge in [-0.05, 0) is 38.1 Å². The number of benzene rings is 2. The quantitative estimate of drug-likeness (QED) is 0.219. The van der Waals surface area contributed by atoms with Gasteiger partial charge in [0.2, 0.25) is 16.0 Å². The van der Waals surface area contributed by atoms with Crippen molar-refractivity contribution in [2.75, 3.05) is 11.7 Å². The number of aromatic nitrogens is 5. The van der Waals surface area contributed by atoms with Crippen LogP contribution in [0.4, 0.5) is 5.95 Å². The summed E-state index contributed by atoms with van der Waals surface area (Å²) in [6.07, 6.45) is 0.812. The maximum absolute atomic E-state index is 13.3. The lowest BCUT2D eigenvalue weighted by Gasteiger charge is -2.13. The Morgan fingerprint density at radius 3 is 2.20 bits per heavy atom. The van der Waals surface area contributed by atoms with Crippen LogP contribution in [0.25, 0.3) is 45.2 Å². The molecule has 2 aromatic carbocycles. The molecule has 0 aliphatic heterocycles. The molecule has 0 spiro atoms. The zero-order chi connectivity index (χ0) is 28.8. The highest BCUT2D eigenvalue weighted by atomic mass is 35.5. The Labute approximate surface area is 240 Å². The molecule has 208 valence electrons. The molecule has 0 amide bonds. The first-order valence-electron chi connectivity index (χ1n) is 11.8. The van der Waals surface area contributed by atoms with Crippen molar-refractivity contribution >= 4 is 60.5 Å². The van der Waals surface area contributed by atoms with E-state index in [4.69, 9.17) is 28.2 Å². The number of H-pyrrole nitrogens is 1. The summed E-state index contributed by atoms with van der Waals surface area (Å²) in [6.45, 7) is 2.96. The Kier molecular flexibility index (Phi) is 7.35. The molecule has 5 rings (SSSR count). The predicted octanol–water partition coefficient (Wildman–Crippen LogP) is 5.35. The van der Waals surface area contributed by atoms with Crippen molar-refractivity contribution in [3.05, 3.63) is 70.7 Å². The van der Waals surface area contributed by atoms with E-state index >= 15 is 0 Å². The fourth-order valence-electron chi connectivity index (χ4n) is 3.91. The molecule has 3 aromatic heterocycles. The molecule has 0 radical (unpaired) electrons. The Hall–Kier alpha value is -3.49. The second-order valence-corrected chi connectivity index (χ2v) is 13.7. The average Bonchev–Trinajstić information content (AvgIpc) is 3.49. The number of anilines is 1. The Morgan fingerprint density at radius 2 is 1.57 bits per heavy atom. The van der Waals surface area contributed by atoms with Crippen LogP contribution in [0.5, 0.6) is 0 Å². The Bertz CT molecular complexity index is 1940. The summed E-state index contributed by atoms with van der Waals surface area (Å²) in [6, 6.07) is 17.6. The van der Waals surface area contributed by atoms with Crippen LogP contribution in [0.3, 0.4) is 0 Å². The fourth-order valence-corrected chi connectivity index (χ4v) is 5.83. The zero-order valence-corrected chi connectivity index (χ0v) is 24.4. The van der Waals surface area contributed by atoms with Crippen LogP contribution in [0.2, 0.25) is 10.0 Å². The summed E-state index contributed by atoms with van der Waals surface area (Å²) in [5, 5.41) is -0.118. The molecule has 0 aliphatic rings. The number of fused-ring (bicyclic) bond motifs is 1. The lowest BCUT2D eigenvalue weighted by Crippen LogP contribution is -2.25. The molecule has 0 saturated carbocycles. The average molecular weight is 622 g/mol. The summed E-state index contributed by atoms with van der Waals surface area (Å²) in [7, 11) is -8.05. The highest BCUT2D eigenvalue weighted by molar-refractivity contribution is 7.90. The normalized spacial score (nSPS) is 12.3. The minimum absolute atomic E-state index is 0.0447. The third-order valence-corrected chi connectivity index (χ3v) is 8.87. The maximum Gasteiger partial charge on any atom is 0.285 e.